The van der Waals surface area contributed by atoms with Gasteiger partial charge in [-0.3, -0.25) is 4.79 Å². The molecule has 1 aromatic heterocycles. The van der Waals surface area contributed by atoms with Crippen LogP contribution in [-0.4, -0.2) is 21.2 Å². The van der Waals surface area contributed by atoms with Crippen molar-refractivity contribution in [2.75, 3.05) is 0 Å². The molecule has 6 heteroatoms. The molecule has 0 spiro atoms. The van der Waals surface area contributed by atoms with E-state index in [1.165, 1.54) is 0 Å². The van der Waals surface area contributed by atoms with Crippen molar-refractivity contribution in [3.8, 4) is 0 Å². The molecular weight excluding hydrogens is 324 g/mol. The summed E-state index contributed by atoms with van der Waals surface area (Å²) in [7, 11) is 0. The number of rotatable bonds is 8. The van der Waals surface area contributed by atoms with Crippen LogP contribution in [0.5, 0.6) is 0 Å². The lowest BCUT2D eigenvalue weighted by molar-refractivity contribution is -0.304. The van der Waals surface area contributed by atoms with E-state index in [4.69, 9.17) is 0 Å². The molecule has 1 heterocycles. The predicted octanol–water partition coefficient (Wildman–Crippen LogP) is 2.07. The van der Waals surface area contributed by atoms with E-state index in [-0.39, 0.29) is 5.56 Å². The third-order valence-electron chi connectivity index (χ3n) is 3.76. The van der Waals surface area contributed by atoms with E-state index in [1.807, 2.05) is 37.3 Å². The summed E-state index contributed by atoms with van der Waals surface area (Å²) >= 11 is 1.05. The van der Waals surface area contributed by atoms with Gasteiger partial charge in [0.2, 0.25) is 0 Å². The number of nitrogens with one attached hydrogen (secondary N) is 1. The third kappa shape index (κ3) is 4.96. The van der Waals surface area contributed by atoms with Crippen LogP contribution < -0.4 is 10.7 Å². The average Bonchev–Trinajstić information content (AvgIpc) is 2.55. The van der Waals surface area contributed by atoms with E-state index < -0.39 is 11.2 Å². The van der Waals surface area contributed by atoms with Gasteiger partial charge in [-0.05, 0) is 18.9 Å². The van der Waals surface area contributed by atoms with Crippen LogP contribution in [-0.2, 0) is 11.2 Å². The van der Waals surface area contributed by atoms with Gasteiger partial charge in [-0.1, -0.05) is 61.9 Å². The third-order valence-corrected chi connectivity index (χ3v) is 4.89. The number of nitrogens with zero attached hydrogens (tertiary/aromatic N) is 1. The molecule has 0 aliphatic carbocycles. The maximum atomic E-state index is 12.4. The standard InChI is InChI=1S/C18H22N2O3S/c1-3-4-10-15(17(22)23)24-18-19-12(2)14(16(21)20-18)11-13-8-6-5-7-9-13/h5-9,15H,3-4,10-11H2,1-2H3,(H,22,23)(H,19,20,21)/p-1/t15-/m0/s1. The molecule has 1 N–H and O–H groups in total. The highest BCUT2D eigenvalue weighted by Crippen LogP contribution is 2.23. The fraction of sp³-hybridized carbons (Fsp3) is 0.389. The molecule has 2 rings (SSSR count). The van der Waals surface area contributed by atoms with Crippen molar-refractivity contribution < 1.29 is 9.90 Å². The lowest BCUT2D eigenvalue weighted by atomic mass is 10.1. The summed E-state index contributed by atoms with van der Waals surface area (Å²) in [4.78, 5) is 30.7. The van der Waals surface area contributed by atoms with Crippen molar-refractivity contribution in [1.29, 1.82) is 0 Å². The predicted molar refractivity (Wildman–Crippen MR) is 93.0 cm³/mol. The van der Waals surface area contributed by atoms with Crippen LogP contribution in [0.1, 0.15) is 43.0 Å². The number of thioether (sulfide) groups is 1. The largest absolute Gasteiger partial charge is 0.549 e. The maximum Gasteiger partial charge on any atom is 0.255 e. The first-order valence-corrected chi connectivity index (χ1v) is 8.90. The highest BCUT2D eigenvalue weighted by atomic mass is 32.2. The van der Waals surface area contributed by atoms with Crippen molar-refractivity contribution >= 4 is 17.7 Å². The normalized spacial score (nSPS) is 12.1. The van der Waals surface area contributed by atoms with Crippen LogP contribution in [0.3, 0.4) is 0 Å². The summed E-state index contributed by atoms with van der Waals surface area (Å²) in [5.41, 5.74) is 2.03. The van der Waals surface area contributed by atoms with Crippen molar-refractivity contribution in [2.24, 2.45) is 0 Å². The Hall–Kier alpha value is -2.08. The molecule has 0 aliphatic rings. The van der Waals surface area contributed by atoms with Gasteiger partial charge in [0.15, 0.2) is 5.16 Å². The summed E-state index contributed by atoms with van der Waals surface area (Å²) in [5.74, 6) is -1.12. The Labute approximate surface area is 145 Å². The first-order valence-electron chi connectivity index (χ1n) is 8.02. The number of carbonyl (C=O) groups is 1. The van der Waals surface area contributed by atoms with Gasteiger partial charge in [-0.2, -0.15) is 0 Å². The van der Waals surface area contributed by atoms with Crippen LogP contribution in [0, 0.1) is 6.92 Å². The Balaban J connectivity index is 2.19. The van der Waals surface area contributed by atoms with Gasteiger partial charge >= 0.3 is 0 Å². The fourth-order valence-corrected chi connectivity index (χ4v) is 3.39. The van der Waals surface area contributed by atoms with E-state index in [0.717, 1.165) is 30.2 Å². The van der Waals surface area contributed by atoms with Crippen LogP contribution in [0.15, 0.2) is 40.3 Å². The second kappa shape index (κ2) is 8.68. The number of aromatic amines is 1. The number of carboxylic acids is 1. The summed E-state index contributed by atoms with van der Waals surface area (Å²) in [6.45, 7) is 3.78. The summed E-state index contributed by atoms with van der Waals surface area (Å²) in [6, 6.07) is 9.69. The van der Waals surface area contributed by atoms with E-state index in [0.29, 0.717) is 29.3 Å². The van der Waals surface area contributed by atoms with E-state index in [9.17, 15) is 14.7 Å². The SMILES string of the molecule is CCCC[C@H](Sc1nc(C)c(Cc2ccccc2)c(=O)[nH]1)C(=O)[O-]. The monoisotopic (exact) mass is 345 g/mol. The molecule has 2 aromatic rings. The number of H-pyrrole nitrogens is 1. The molecule has 1 aromatic carbocycles. The Morgan fingerprint density at radius 3 is 2.62 bits per heavy atom. The molecule has 0 radical (unpaired) electrons. The number of benzene rings is 1. The second-order valence-corrected chi connectivity index (χ2v) is 6.86. The molecule has 128 valence electrons. The number of aryl methyl sites for hydroxylation is 1. The quantitative estimate of drug-likeness (QED) is 0.585. The summed E-state index contributed by atoms with van der Waals surface area (Å²) in [6.07, 6.45) is 2.70. The van der Waals surface area contributed by atoms with Gasteiger partial charge in [-0.15, -0.1) is 0 Å². The Morgan fingerprint density at radius 2 is 2.04 bits per heavy atom. The minimum absolute atomic E-state index is 0.221. The van der Waals surface area contributed by atoms with Gasteiger partial charge in [0, 0.05) is 17.7 Å². The zero-order valence-electron chi connectivity index (χ0n) is 13.9. The van der Waals surface area contributed by atoms with E-state index >= 15 is 0 Å². The molecule has 24 heavy (non-hydrogen) atoms. The van der Waals surface area contributed by atoms with Gasteiger partial charge < -0.3 is 14.9 Å². The Kier molecular flexibility index (Phi) is 6.61. The number of hydrogen-bond acceptors (Lipinski definition) is 5. The first kappa shape index (κ1) is 18.3. The smallest absolute Gasteiger partial charge is 0.255 e. The lowest BCUT2D eigenvalue weighted by Gasteiger charge is -2.17. The lowest BCUT2D eigenvalue weighted by Crippen LogP contribution is -2.34. The number of aliphatic carboxylic acids is 1. The van der Waals surface area contributed by atoms with E-state index in [2.05, 4.69) is 9.97 Å². The molecule has 0 saturated heterocycles. The molecule has 1 atom stereocenters. The molecule has 0 bridgehead atoms. The number of carbonyl (C=O) groups excluding carboxylic acids is 1. The van der Waals surface area contributed by atoms with Crippen molar-refractivity contribution in [3.63, 3.8) is 0 Å². The van der Waals surface area contributed by atoms with Crippen LogP contribution in [0.25, 0.3) is 0 Å². The maximum absolute atomic E-state index is 12.4. The zero-order valence-corrected chi connectivity index (χ0v) is 14.7. The molecule has 0 saturated carbocycles. The highest BCUT2D eigenvalue weighted by Gasteiger charge is 2.15. The van der Waals surface area contributed by atoms with Crippen molar-refractivity contribution in [1.82, 2.24) is 9.97 Å². The zero-order chi connectivity index (χ0) is 17.5. The number of unbranched alkanes of at least 4 members (excludes halogenated alkanes) is 1. The highest BCUT2D eigenvalue weighted by molar-refractivity contribution is 8.00. The van der Waals surface area contributed by atoms with Crippen LogP contribution in [0.2, 0.25) is 0 Å². The molecule has 5 nitrogen and oxygen atoms in total. The molecule has 0 aliphatic heterocycles. The summed E-state index contributed by atoms with van der Waals surface area (Å²) < 4.78 is 0. The first-order chi connectivity index (χ1) is 11.5. The van der Waals surface area contributed by atoms with Crippen LogP contribution >= 0.6 is 11.8 Å². The van der Waals surface area contributed by atoms with Gasteiger partial charge in [-0.25, -0.2) is 4.98 Å². The van der Waals surface area contributed by atoms with E-state index in [1.54, 1.807) is 6.92 Å². The van der Waals surface area contributed by atoms with Crippen molar-refractivity contribution in [2.45, 2.75) is 49.9 Å². The topological polar surface area (TPSA) is 85.9 Å². The summed E-state index contributed by atoms with van der Waals surface area (Å²) in [5, 5.41) is 10.9. The minimum Gasteiger partial charge on any atom is -0.549 e. The Morgan fingerprint density at radius 1 is 1.33 bits per heavy atom. The number of aromatic nitrogens is 2. The Bertz CT molecular complexity index is 744. The molecule has 0 amide bonds. The number of carboxylic acid groups (broad SMARTS) is 1. The number of hydrogen-bond donors (Lipinski definition) is 1. The van der Waals surface area contributed by atoms with Gasteiger partial charge in [0.25, 0.3) is 5.56 Å². The minimum atomic E-state index is -1.12. The average molecular weight is 345 g/mol. The van der Waals surface area contributed by atoms with Gasteiger partial charge in [0.1, 0.15) is 0 Å². The second-order valence-electron chi connectivity index (χ2n) is 5.67. The fourth-order valence-electron chi connectivity index (χ4n) is 2.40. The molecule has 0 fully saturated rings. The van der Waals surface area contributed by atoms with Crippen LogP contribution in [0.4, 0.5) is 0 Å². The molecule has 0 unspecified atom stereocenters. The molecular formula is C18H21N2O3S-. The van der Waals surface area contributed by atoms with Gasteiger partial charge in [0.05, 0.1) is 11.2 Å². The van der Waals surface area contributed by atoms with Crippen molar-refractivity contribution in [3.05, 3.63) is 57.5 Å².